The van der Waals surface area contributed by atoms with Gasteiger partial charge in [0.25, 0.3) is 0 Å². The van der Waals surface area contributed by atoms with Crippen LogP contribution in [0.15, 0.2) is 0 Å². The lowest BCUT2D eigenvalue weighted by Gasteiger charge is -2.15. The summed E-state index contributed by atoms with van der Waals surface area (Å²) >= 11 is 0. The maximum absolute atomic E-state index is 2.36. The second-order valence-electron chi connectivity index (χ2n) is 5.63. The smallest absolute Gasteiger partial charge is 0.0443 e. The van der Waals surface area contributed by atoms with Gasteiger partial charge in [-0.1, -0.05) is 99.3 Å². The van der Waals surface area contributed by atoms with Crippen LogP contribution in [0.3, 0.4) is 0 Å². The van der Waals surface area contributed by atoms with Crippen LogP contribution in [0.2, 0.25) is 0 Å². The van der Waals surface area contributed by atoms with Crippen molar-refractivity contribution in [3.05, 3.63) is 0 Å². The van der Waals surface area contributed by atoms with Gasteiger partial charge in [-0.3, -0.25) is 0 Å². The van der Waals surface area contributed by atoms with E-state index in [0.29, 0.717) is 0 Å². The highest BCUT2D eigenvalue weighted by Crippen LogP contribution is 2.22. The molecule has 0 heteroatoms. The minimum Gasteiger partial charge on any atom is -0.0683 e. The summed E-state index contributed by atoms with van der Waals surface area (Å²) in [5.41, 5.74) is 0. The number of unbranched alkanes of at least 4 members (excludes halogenated alkanes) is 2. The molecule has 0 radical (unpaired) electrons. The van der Waals surface area contributed by atoms with Crippen LogP contribution in [0.5, 0.6) is 0 Å². The van der Waals surface area contributed by atoms with Crippen molar-refractivity contribution >= 4 is 0 Å². The van der Waals surface area contributed by atoms with Crippen LogP contribution in [0.25, 0.3) is 0 Å². The maximum atomic E-state index is 2.36. The first-order valence-electron chi connectivity index (χ1n) is 8.16. The lowest BCUT2D eigenvalue weighted by molar-refractivity contribution is 0.385. The molecule has 17 heavy (non-hydrogen) atoms. The van der Waals surface area contributed by atoms with Gasteiger partial charge >= 0.3 is 0 Å². The first kappa shape index (κ1) is 19.3. The van der Waals surface area contributed by atoms with Crippen LogP contribution in [0.1, 0.15) is 99.3 Å². The molecule has 0 aromatic carbocycles. The molecule has 0 spiro atoms. The number of hydrogen-bond acceptors (Lipinski definition) is 0. The van der Waals surface area contributed by atoms with Crippen molar-refractivity contribution in [3.63, 3.8) is 0 Å². The Bertz CT molecular complexity index is 109. The van der Waals surface area contributed by atoms with E-state index in [0.717, 1.165) is 11.8 Å². The summed E-state index contributed by atoms with van der Waals surface area (Å²) < 4.78 is 0. The molecule has 1 rings (SSSR count). The molecule has 0 amide bonds. The van der Waals surface area contributed by atoms with Gasteiger partial charge in [0, 0.05) is 0 Å². The summed E-state index contributed by atoms with van der Waals surface area (Å²) in [6.07, 6.45) is 13.0. The van der Waals surface area contributed by atoms with E-state index in [9.17, 15) is 0 Å². The van der Waals surface area contributed by atoms with E-state index in [1.165, 1.54) is 57.8 Å². The lowest BCUT2D eigenvalue weighted by atomic mass is 9.91. The molecule has 1 aliphatic carbocycles. The quantitative estimate of drug-likeness (QED) is 0.474. The van der Waals surface area contributed by atoms with Crippen molar-refractivity contribution in [1.29, 1.82) is 0 Å². The van der Waals surface area contributed by atoms with E-state index < -0.39 is 0 Å². The van der Waals surface area contributed by atoms with Crippen LogP contribution in [0.4, 0.5) is 0 Å². The van der Waals surface area contributed by atoms with Gasteiger partial charge in [0.05, 0.1) is 0 Å². The Morgan fingerprint density at radius 2 is 1.47 bits per heavy atom. The topological polar surface area (TPSA) is 0 Å². The molecule has 0 nitrogen and oxygen atoms in total. The molecule has 0 aliphatic heterocycles. The highest BCUT2D eigenvalue weighted by Gasteiger charge is 2.05. The van der Waals surface area contributed by atoms with E-state index in [1.54, 1.807) is 0 Å². The van der Waals surface area contributed by atoms with Crippen molar-refractivity contribution in [1.82, 2.24) is 0 Å². The number of rotatable bonds is 4. The Morgan fingerprint density at radius 1 is 0.941 bits per heavy atom. The molecule has 0 heterocycles. The Hall–Kier alpha value is 0. The fourth-order valence-electron chi connectivity index (χ4n) is 2.11. The van der Waals surface area contributed by atoms with E-state index in [2.05, 4.69) is 27.7 Å². The minimum atomic E-state index is 0.904. The Morgan fingerprint density at radius 3 is 1.76 bits per heavy atom. The molecule has 0 saturated heterocycles. The SMILES string of the molecule is CC.CC1CCCCC1.CCCCCC(C)C. The molecule has 0 unspecified atom stereocenters. The van der Waals surface area contributed by atoms with Gasteiger partial charge in [0.2, 0.25) is 0 Å². The second kappa shape index (κ2) is 16.0. The standard InChI is InChI=1S/C8H18.C7H14.C2H6/c1-4-5-6-7-8(2)3;1-7-5-3-2-4-6-7;1-2/h8H,4-7H2,1-3H3;7H,2-6H2,1H3;1-2H3. The average Bonchev–Trinajstić information content (AvgIpc) is 2.33. The van der Waals surface area contributed by atoms with Crippen molar-refractivity contribution in [2.24, 2.45) is 11.8 Å². The molecular formula is C17H38. The summed E-state index contributed by atoms with van der Waals surface area (Å²) in [4.78, 5) is 0. The molecular weight excluding hydrogens is 204 g/mol. The predicted octanol–water partition coefficient (Wildman–Crippen LogP) is 6.84. The van der Waals surface area contributed by atoms with Crippen molar-refractivity contribution in [2.75, 3.05) is 0 Å². The highest BCUT2D eigenvalue weighted by molar-refractivity contribution is 4.59. The zero-order valence-corrected chi connectivity index (χ0v) is 13.5. The first-order chi connectivity index (χ1) is 8.16. The predicted molar refractivity (Wildman–Crippen MR) is 82.6 cm³/mol. The van der Waals surface area contributed by atoms with Gasteiger partial charge in [0.1, 0.15) is 0 Å². The van der Waals surface area contributed by atoms with Crippen LogP contribution in [-0.4, -0.2) is 0 Å². The molecule has 106 valence electrons. The maximum Gasteiger partial charge on any atom is -0.0443 e. The van der Waals surface area contributed by atoms with Crippen LogP contribution < -0.4 is 0 Å². The third-order valence-electron chi connectivity index (χ3n) is 3.28. The van der Waals surface area contributed by atoms with E-state index in [-0.39, 0.29) is 0 Å². The van der Waals surface area contributed by atoms with Gasteiger partial charge in [-0.15, -0.1) is 0 Å². The molecule has 0 aromatic heterocycles. The zero-order chi connectivity index (χ0) is 13.5. The fourth-order valence-corrected chi connectivity index (χ4v) is 2.11. The first-order valence-corrected chi connectivity index (χ1v) is 8.16. The second-order valence-corrected chi connectivity index (χ2v) is 5.63. The van der Waals surface area contributed by atoms with Gasteiger partial charge < -0.3 is 0 Å². The lowest BCUT2D eigenvalue weighted by Crippen LogP contribution is -1.99. The third kappa shape index (κ3) is 18.6. The van der Waals surface area contributed by atoms with E-state index in [4.69, 9.17) is 0 Å². The Labute approximate surface area is 112 Å². The molecule has 0 aromatic rings. The van der Waals surface area contributed by atoms with Crippen LogP contribution >= 0.6 is 0 Å². The molecule has 1 fully saturated rings. The summed E-state index contributed by atoms with van der Waals surface area (Å²) in [5, 5.41) is 0. The Kier molecular flexibility index (Phi) is 18.2. The van der Waals surface area contributed by atoms with Crippen LogP contribution in [-0.2, 0) is 0 Å². The third-order valence-corrected chi connectivity index (χ3v) is 3.28. The van der Waals surface area contributed by atoms with Gasteiger partial charge in [-0.25, -0.2) is 0 Å². The average molecular weight is 242 g/mol. The summed E-state index contributed by atoms with van der Waals surface area (Å²) in [7, 11) is 0. The fraction of sp³-hybridized carbons (Fsp3) is 1.00. The van der Waals surface area contributed by atoms with Gasteiger partial charge in [0.15, 0.2) is 0 Å². The zero-order valence-electron chi connectivity index (χ0n) is 13.5. The largest absolute Gasteiger partial charge is 0.0683 e. The van der Waals surface area contributed by atoms with Gasteiger partial charge in [-0.05, 0) is 11.8 Å². The monoisotopic (exact) mass is 242 g/mol. The molecule has 1 saturated carbocycles. The van der Waals surface area contributed by atoms with Crippen molar-refractivity contribution in [2.45, 2.75) is 99.3 Å². The van der Waals surface area contributed by atoms with Crippen LogP contribution in [0, 0.1) is 11.8 Å². The van der Waals surface area contributed by atoms with Crippen molar-refractivity contribution in [3.8, 4) is 0 Å². The molecule has 0 N–H and O–H groups in total. The molecule has 1 aliphatic rings. The highest BCUT2D eigenvalue weighted by atomic mass is 14.1. The van der Waals surface area contributed by atoms with Crippen molar-refractivity contribution < 1.29 is 0 Å². The normalized spacial score (nSPS) is 15.7. The summed E-state index contributed by atoms with van der Waals surface area (Å²) in [6, 6.07) is 0. The molecule has 0 bridgehead atoms. The Balaban J connectivity index is 0. The molecule has 0 atom stereocenters. The van der Waals surface area contributed by atoms with E-state index >= 15 is 0 Å². The van der Waals surface area contributed by atoms with Gasteiger partial charge in [-0.2, -0.15) is 0 Å². The summed E-state index contributed by atoms with van der Waals surface area (Å²) in [5.74, 6) is 1.94. The minimum absolute atomic E-state index is 0.904. The summed E-state index contributed by atoms with van der Waals surface area (Å²) in [6.45, 7) is 13.2. The number of hydrogen-bond donors (Lipinski definition) is 0. The van der Waals surface area contributed by atoms with E-state index in [1.807, 2.05) is 13.8 Å².